The number of amides is 2. The van der Waals surface area contributed by atoms with Gasteiger partial charge in [-0.15, -0.1) is 0 Å². The second-order valence-corrected chi connectivity index (χ2v) is 12.6. The van der Waals surface area contributed by atoms with E-state index in [2.05, 4.69) is 105 Å². The van der Waals surface area contributed by atoms with Crippen molar-refractivity contribution in [2.24, 2.45) is 11.8 Å². The van der Waals surface area contributed by atoms with Gasteiger partial charge < -0.3 is 9.80 Å². The predicted octanol–water partition coefficient (Wildman–Crippen LogP) is 4.28. The maximum atomic E-state index is 13.4. The number of piperazine rings is 2. The molecule has 0 aromatic heterocycles. The normalized spacial score (nSPS) is 27.0. The number of benzene rings is 2. The number of carbonyl (C=O) groups excluding carboxylic acids is 2. The van der Waals surface area contributed by atoms with E-state index in [0.29, 0.717) is 31.6 Å². The summed E-state index contributed by atoms with van der Waals surface area (Å²) in [5.41, 5.74) is 2.64. The molecule has 0 bridgehead atoms. The first kappa shape index (κ1) is 26.9. The van der Waals surface area contributed by atoms with E-state index in [4.69, 9.17) is 0 Å². The Kier molecular flexibility index (Phi) is 7.65. The molecule has 2 saturated heterocycles. The maximum Gasteiger partial charge on any atom is 0.226 e. The van der Waals surface area contributed by atoms with Gasteiger partial charge in [-0.05, 0) is 52.2 Å². The molecule has 2 amide bonds. The van der Waals surface area contributed by atoms with Crippen molar-refractivity contribution in [2.45, 2.75) is 64.7 Å². The molecule has 3 fully saturated rings. The van der Waals surface area contributed by atoms with Gasteiger partial charge in [0, 0.05) is 56.9 Å². The minimum Gasteiger partial charge on any atom is -0.340 e. The van der Waals surface area contributed by atoms with Crippen LogP contribution in [-0.2, 0) is 9.59 Å². The van der Waals surface area contributed by atoms with Crippen LogP contribution in [0.4, 0.5) is 0 Å². The van der Waals surface area contributed by atoms with Crippen molar-refractivity contribution in [1.29, 1.82) is 0 Å². The minimum atomic E-state index is -0.139. The Balaban J connectivity index is 1.18. The molecular formula is C32H44N4O2. The van der Waals surface area contributed by atoms with E-state index < -0.39 is 0 Å². The molecule has 3 aliphatic rings. The van der Waals surface area contributed by atoms with Crippen LogP contribution in [0.5, 0.6) is 0 Å². The van der Waals surface area contributed by atoms with Gasteiger partial charge in [-0.2, -0.15) is 0 Å². The Morgan fingerprint density at radius 3 is 1.61 bits per heavy atom. The lowest BCUT2D eigenvalue weighted by atomic mass is 9.96. The van der Waals surface area contributed by atoms with Gasteiger partial charge in [-0.1, -0.05) is 60.7 Å². The fourth-order valence-corrected chi connectivity index (χ4v) is 7.12. The van der Waals surface area contributed by atoms with Crippen molar-refractivity contribution in [3.63, 3.8) is 0 Å². The number of carbonyl (C=O) groups is 2. The van der Waals surface area contributed by atoms with E-state index in [-0.39, 0.29) is 35.2 Å². The van der Waals surface area contributed by atoms with E-state index in [9.17, 15) is 9.59 Å². The first-order valence-corrected chi connectivity index (χ1v) is 14.3. The van der Waals surface area contributed by atoms with Crippen LogP contribution in [0.25, 0.3) is 0 Å². The van der Waals surface area contributed by atoms with E-state index in [0.717, 1.165) is 26.2 Å². The Bertz CT molecular complexity index is 1060. The largest absolute Gasteiger partial charge is 0.340 e. The van der Waals surface area contributed by atoms with Gasteiger partial charge in [0.05, 0.1) is 17.9 Å². The molecule has 38 heavy (non-hydrogen) atoms. The lowest BCUT2D eigenvalue weighted by Gasteiger charge is -2.51. The molecule has 0 N–H and O–H groups in total. The molecule has 0 radical (unpaired) electrons. The fourth-order valence-electron chi connectivity index (χ4n) is 7.12. The third-order valence-electron chi connectivity index (χ3n) is 8.65. The predicted molar refractivity (Wildman–Crippen MR) is 152 cm³/mol. The third kappa shape index (κ3) is 5.52. The molecule has 0 spiro atoms. The first-order chi connectivity index (χ1) is 18.1. The van der Waals surface area contributed by atoms with Crippen LogP contribution in [-0.4, -0.2) is 88.3 Å². The highest BCUT2D eigenvalue weighted by Gasteiger charge is 2.52. The Labute approximate surface area is 228 Å². The Hall–Kier alpha value is -2.70. The smallest absolute Gasteiger partial charge is 0.226 e. The summed E-state index contributed by atoms with van der Waals surface area (Å²) in [7, 11) is 0. The molecule has 6 nitrogen and oxygen atoms in total. The lowest BCUT2D eigenvalue weighted by Crippen LogP contribution is -2.63. The summed E-state index contributed by atoms with van der Waals surface area (Å²) in [5, 5.41) is 0. The molecule has 2 unspecified atom stereocenters. The van der Waals surface area contributed by atoms with Gasteiger partial charge in [0.1, 0.15) is 0 Å². The fraction of sp³-hybridized carbons (Fsp3) is 0.562. The Morgan fingerprint density at radius 1 is 0.711 bits per heavy atom. The van der Waals surface area contributed by atoms with Gasteiger partial charge in [0.15, 0.2) is 0 Å². The van der Waals surface area contributed by atoms with E-state index in [1.54, 1.807) is 0 Å². The van der Waals surface area contributed by atoms with Crippen molar-refractivity contribution >= 4 is 11.8 Å². The molecule has 6 heteroatoms. The highest BCUT2D eigenvalue weighted by Crippen LogP contribution is 2.42. The summed E-state index contributed by atoms with van der Waals surface area (Å²) in [6.07, 6.45) is 0.705. The molecule has 2 aromatic rings. The zero-order valence-electron chi connectivity index (χ0n) is 23.7. The summed E-state index contributed by atoms with van der Waals surface area (Å²) in [6.45, 7) is 15.7. The topological polar surface area (TPSA) is 47.1 Å². The van der Waals surface area contributed by atoms with Crippen LogP contribution in [0.2, 0.25) is 0 Å². The van der Waals surface area contributed by atoms with Gasteiger partial charge in [0.2, 0.25) is 11.8 Å². The van der Waals surface area contributed by atoms with Crippen molar-refractivity contribution < 1.29 is 9.59 Å². The highest BCUT2D eigenvalue weighted by molar-refractivity contribution is 5.92. The summed E-state index contributed by atoms with van der Waals surface area (Å²) < 4.78 is 0. The lowest BCUT2D eigenvalue weighted by molar-refractivity contribution is -0.142. The van der Waals surface area contributed by atoms with Crippen molar-refractivity contribution in [3.05, 3.63) is 71.8 Å². The number of nitrogens with zero attached hydrogens (tertiary/aromatic N) is 4. The van der Waals surface area contributed by atoms with Gasteiger partial charge in [0.25, 0.3) is 0 Å². The minimum absolute atomic E-state index is 0.0776. The molecule has 2 heterocycles. The second-order valence-electron chi connectivity index (χ2n) is 12.6. The maximum absolute atomic E-state index is 13.4. The van der Waals surface area contributed by atoms with E-state index in [1.165, 1.54) is 11.1 Å². The molecule has 1 aliphatic carbocycles. The number of rotatable bonds is 5. The highest BCUT2D eigenvalue weighted by atomic mass is 16.2. The summed E-state index contributed by atoms with van der Waals surface area (Å²) in [5.74, 6) is 0.0812. The quantitative estimate of drug-likeness (QED) is 0.595. The third-order valence-corrected chi connectivity index (χ3v) is 8.65. The Morgan fingerprint density at radius 2 is 1.16 bits per heavy atom. The molecule has 2 aliphatic heterocycles. The van der Waals surface area contributed by atoms with Gasteiger partial charge in [-0.25, -0.2) is 0 Å². The monoisotopic (exact) mass is 516 g/mol. The zero-order chi connectivity index (χ0) is 27.0. The van der Waals surface area contributed by atoms with Crippen LogP contribution in [0.15, 0.2) is 60.7 Å². The second kappa shape index (κ2) is 10.8. The molecule has 2 aromatic carbocycles. The SMILES string of the molecule is CC1CN(C(=O)[C@H]2C[C@@H]2C(=O)N2CCN(C(c3ccccc3)c3ccccc3)CC2)CC(C)N1C(C)(C)C. The van der Waals surface area contributed by atoms with Crippen LogP contribution in [0.3, 0.4) is 0 Å². The molecule has 204 valence electrons. The number of hydrogen-bond acceptors (Lipinski definition) is 4. The van der Waals surface area contributed by atoms with Gasteiger partial charge >= 0.3 is 0 Å². The van der Waals surface area contributed by atoms with Crippen molar-refractivity contribution in [3.8, 4) is 0 Å². The van der Waals surface area contributed by atoms with Gasteiger partial charge in [-0.3, -0.25) is 19.4 Å². The van der Waals surface area contributed by atoms with Crippen LogP contribution < -0.4 is 0 Å². The van der Waals surface area contributed by atoms with Crippen LogP contribution >= 0.6 is 0 Å². The summed E-state index contributed by atoms with van der Waals surface area (Å²) in [6, 6.07) is 22.1. The average Bonchev–Trinajstić information content (AvgIpc) is 3.69. The standard InChI is InChI=1S/C32H44N4O2/c1-23-21-35(22-24(2)36(23)32(3,4)5)31(38)28-20-27(28)30(37)34-18-16-33(17-19-34)29(25-12-8-6-9-13-25)26-14-10-7-11-15-26/h6-15,23-24,27-29H,16-22H2,1-5H3/t23?,24?,27-,28-/m0/s1. The zero-order valence-corrected chi connectivity index (χ0v) is 23.7. The molecule has 1 saturated carbocycles. The molecular weight excluding hydrogens is 472 g/mol. The van der Waals surface area contributed by atoms with Crippen molar-refractivity contribution in [2.75, 3.05) is 39.3 Å². The number of hydrogen-bond donors (Lipinski definition) is 0. The summed E-state index contributed by atoms with van der Waals surface area (Å²) >= 11 is 0. The van der Waals surface area contributed by atoms with Crippen LogP contribution in [0.1, 0.15) is 58.2 Å². The molecule has 5 rings (SSSR count). The first-order valence-electron chi connectivity index (χ1n) is 14.3. The summed E-state index contributed by atoms with van der Waals surface area (Å²) in [4.78, 5) is 35.8. The van der Waals surface area contributed by atoms with Crippen molar-refractivity contribution in [1.82, 2.24) is 19.6 Å². The molecule has 4 atom stereocenters. The van der Waals surface area contributed by atoms with E-state index >= 15 is 0 Å². The van der Waals surface area contributed by atoms with E-state index in [1.807, 2.05) is 9.80 Å². The van der Waals surface area contributed by atoms with Crippen LogP contribution in [0, 0.1) is 11.8 Å². The average molecular weight is 517 g/mol.